The van der Waals surface area contributed by atoms with E-state index in [0.29, 0.717) is 0 Å². The summed E-state index contributed by atoms with van der Waals surface area (Å²) in [5, 5.41) is 6.44. The molecule has 2 N–H and O–H groups in total. The number of dihydropyridines is 1. The normalized spacial score (nSPS) is 17.1. The Morgan fingerprint density at radius 3 is 2.53 bits per heavy atom. The molecule has 0 unspecified atom stereocenters. The van der Waals surface area contributed by atoms with Crippen LogP contribution in [0.2, 0.25) is 0 Å². The Kier molecular flexibility index (Phi) is 2.88. The SMILES string of the molecule is CN/C(=C1/C=CC=CN1)c1ccccc1. The van der Waals surface area contributed by atoms with Crippen LogP contribution in [0.4, 0.5) is 0 Å². The molecule has 2 heteroatoms. The lowest BCUT2D eigenvalue weighted by molar-refractivity contribution is 1.03. The van der Waals surface area contributed by atoms with E-state index in [1.54, 1.807) is 0 Å². The van der Waals surface area contributed by atoms with Crippen LogP contribution in [0.25, 0.3) is 5.70 Å². The zero-order valence-corrected chi connectivity index (χ0v) is 8.70. The molecular weight excluding hydrogens is 184 g/mol. The minimum atomic E-state index is 1.09. The van der Waals surface area contributed by atoms with E-state index in [9.17, 15) is 0 Å². The lowest BCUT2D eigenvalue weighted by atomic mass is 10.1. The van der Waals surface area contributed by atoms with E-state index < -0.39 is 0 Å². The highest BCUT2D eigenvalue weighted by Crippen LogP contribution is 2.15. The van der Waals surface area contributed by atoms with E-state index in [4.69, 9.17) is 0 Å². The van der Waals surface area contributed by atoms with Crippen LogP contribution < -0.4 is 10.6 Å². The fraction of sp³-hybridized carbons (Fsp3) is 0.0769. The van der Waals surface area contributed by atoms with Crippen LogP contribution in [-0.2, 0) is 0 Å². The van der Waals surface area contributed by atoms with Gasteiger partial charge in [0.1, 0.15) is 0 Å². The summed E-state index contributed by atoms with van der Waals surface area (Å²) >= 11 is 0. The first-order valence-corrected chi connectivity index (χ1v) is 4.99. The zero-order valence-electron chi connectivity index (χ0n) is 8.70. The lowest BCUT2D eigenvalue weighted by Gasteiger charge is -2.14. The second kappa shape index (κ2) is 4.51. The maximum atomic E-state index is 3.22. The molecule has 0 atom stereocenters. The quantitative estimate of drug-likeness (QED) is 0.761. The molecule has 1 aromatic rings. The average molecular weight is 198 g/mol. The second-order valence-electron chi connectivity index (χ2n) is 3.27. The first-order chi connectivity index (χ1) is 7.42. The van der Waals surface area contributed by atoms with Crippen molar-refractivity contribution in [3.05, 3.63) is 66.0 Å². The number of allylic oxidation sites excluding steroid dienone is 3. The molecule has 0 amide bonds. The topological polar surface area (TPSA) is 24.1 Å². The number of benzene rings is 1. The van der Waals surface area contributed by atoms with Crippen LogP contribution in [-0.4, -0.2) is 7.05 Å². The molecule has 2 nitrogen and oxygen atoms in total. The summed E-state index contributed by atoms with van der Waals surface area (Å²) in [6.45, 7) is 0. The number of hydrogen-bond donors (Lipinski definition) is 2. The molecule has 1 heterocycles. The van der Waals surface area contributed by atoms with E-state index in [-0.39, 0.29) is 0 Å². The molecule has 1 aromatic carbocycles. The molecule has 0 spiro atoms. The van der Waals surface area contributed by atoms with Crippen LogP contribution in [0.15, 0.2) is 60.5 Å². The summed E-state index contributed by atoms with van der Waals surface area (Å²) in [5.74, 6) is 0. The Morgan fingerprint density at radius 2 is 1.93 bits per heavy atom. The third-order valence-corrected chi connectivity index (χ3v) is 2.29. The minimum absolute atomic E-state index is 1.09. The maximum Gasteiger partial charge on any atom is 0.0650 e. The van der Waals surface area contributed by atoms with Gasteiger partial charge in [0.15, 0.2) is 0 Å². The number of nitrogens with one attached hydrogen (secondary N) is 2. The van der Waals surface area contributed by atoms with Crippen LogP contribution in [0.3, 0.4) is 0 Å². The average Bonchev–Trinajstić information content (AvgIpc) is 2.33. The Hall–Kier alpha value is -1.96. The van der Waals surface area contributed by atoms with Gasteiger partial charge in [0.05, 0.1) is 11.4 Å². The van der Waals surface area contributed by atoms with Gasteiger partial charge in [-0.25, -0.2) is 0 Å². The molecule has 0 bridgehead atoms. The van der Waals surface area contributed by atoms with Crippen LogP contribution in [0.5, 0.6) is 0 Å². The summed E-state index contributed by atoms with van der Waals surface area (Å²) in [4.78, 5) is 0. The van der Waals surface area contributed by atoms with Crippen LogP contribution in [0, 0.1) is 0 Å². The van der Waals surface area contributed by atoms with E-state index in [0.717, 1.165) is 11.4 Å². The van der Waals surface area contributed by atoms with Gasteiger partial charge in [-0.3, -0.25) is 0 Å². The Morgan fingerprint density at radius 1 is 1.13 bits per heavy atom. The molecule has 1 aliphatic heterocycles. The summed E-state index contributed by atoms with van der Waals surface area (Å²) in [6.07, 6.45) is 7.97. The van der Waals surface area contributed by atoms with E-state index >= 15 is 0 Å². The van der Waals surface area contributed by atoms with Gasteiger partial charge in [0.2, 0.25) is 0 Å². The van der Waals surface area contributed by atoms with Crippen molar-refractivity contribution in [3.63, 3.8) is 0 Å². The summed E-state index contributed by atoms with van der Waals surface area (Å²) in [6, 6.07) is 10.3. The highest BCUT2D eigenvalue weighted by molar-refractivity contribution is 5.69. The van der Waals surface area contributed by atoms with Crippen LogP contribution in [0.1, 0.15) is 5.56 Å². The predicted molar refractivity (Wildman–Crippen MR) is 63.8 cm³/mol. The standard InChI is InChI=1S/C13H14N2/c1-14-13(11-7-3-2-4-8-11)12-9-5-6-10-15-12/h2-10,14-15H,1H3/b13-12-. The van der Waals surface area contributed by atoms with Crippen molar-refractivity contribution in [2.24, 2.45) is 0 Å². The number of hydrogen-bond acceptors (Lipinski definition) is 2. The molecule has 2 rings (SSSR count). The fourth-order valence-electron chi connectivity index (χ4n) is 1.59. The fourth-order valence-corrected chi connectivity index (χ4v) is 1.59. The van der Waals surface area contributed by atoms with Gasteiger partial charge in [-0.15, -0.1) is 0 Å². The first-order valence-electron chi connectivity index (χ1n) is 4.99. The molecule has 0 saturated carbocycles. The van der Waals surface area contributed by atoms with Crippen molar-refractivity contribution in [2.75, 3.05) is 7.05 Å². The smallest absolute Gasteiger partial charge is 0.0650 e. The van der Waals surface area contributed by atoms with Crippen molar-refractivity contribution in [3.8, 4) is 0 Å². The predicted octanol–water partition coefficient (Wildman–Crippen LogP) is 2.25. The third kappa shape index (κ3) is 2.10. The van der Waals surface area contributed by atoms with Gasteiger partial charge in [-0.05, 0) is 17.7 Å². The zero-order chi connectivity index (χ0) is 10.5. The van der Waals surface area contributed by atoms with Gasteiger partial charge in [-0.2, -0.15) is 0 Å². The maximum absolute atomic E-state index is 3.22. The molecule has 0 aliphatic carbocycles. The highest BCUT2D eigenvalue weighted by atomic mass is 14.9. The minimum Gasteiger partial charge on any atom is -0.386 e. The largest absolute Gasteiger partial charge is 0.386 e. The molecule has 1 aliphatic rings. The van der Waals surface area contributed by atoms with E-state index in [1.807, 2.05) is 43.6 Å². The monoisotopic (exact) mass is 198 g/mol. The molecule has 0 radical (unpaired) electrons. The molecule has 0 aromatic heterocycles. The van der Waals surface area contributed by atoms with E-state index in [1.165, 1.54) is 5.56 Å². The molecular formula is C13H14N2. The second-order valence-corrected chi connectivity index (χ2v) is 3.27. The summed E-state index contributed by atoms with van der Waals surface area (Å²) in [5.41, 5.74) is 3.38. The first kappa shape index (κ1) is 9.59. The Labute approximate surface area is 90.0 Å². The van der Waals surface area contributed by atoms with Crippen molar-refractivity contribution in [2.45, 2.75) is 0 Å². The Balaban J connectivity index is 2.40. The molecule has 0 saturated heterocycles. The van der Waals surface area contributed by atoms with Crippen molar-refractivity contribution >= 4 is 5.70 Å². The Bertz CT molecular complexity index is 413. The molecule has 15 heavy (non-hydrogen) atoms. The summed E-state index contributed by atoms with van der Waals surface area (Å²) in [7, 11) is 1.93. The number of rotatable bonds is 2. The van der Waals surface area contributed by atoms with Crippen molar-refractivity contribution in [1.29, 1.82) is 0 Å². The van der Waals surface area contributed by atoms with Gasteiger partial charge in [0, 0.05) is 13.2 Å². The lowest BCUT2D eigenvalue weighted by Crippen LogP contribution is -2.15. The summed E-state index contributed by atoms with van der Waals surface area (Å²) < 4.78 is 0. The van der Waals surface area contributed by atoms with Gasteiger partial charge in [-0.1, -0.05) is 36.4 Å². The third-order valence-electron chi connectivity index (χ3n) is 2.29. The molecule has 76 valence electrons. The van der Waals surface area contributed by atoms with Crippen LogP contribution >= 0.6 is 0 Å². The van der Waals surface area contributed by atoms with Gasteiger partial charge in [0.25, 0.3) is 0 Å². The van der Waals surface area contributed by atoms with Gasteiger partial charge >= 0.3 is 0 Å². The molecule has 0 fully saturated rings. The van der Waals surface area contributed by atoms with Gasteiger partial charge < -0.3 is 10.6 Å². The van der Waals surface area contributed by atoms with Crippen molar-refractivity contribution < 1.29 is 0 Å². The highest BCUT2D eigenvalue weighted by Gasteiger charge is 2.04. The van der Waals surface area contributed by atoms with Crippen molar-refractivity contribution in [1.82, 2.24) is 10.6 Å². The van der Waals surface area contributed by atoms with E-state index in [2.05, 4.69) is 28.8 Å².